The second kappa shape index (κ2) is 13.2. The molecule has 4 atom stereocenters. The number of amides is 3. The lowest BCUT2D eigenvalue weighted by Gasteiger charge is -2.27. The van der Waals surface area contributed by atoms with Gasteiger partial charge in [-0.25, -0.2) is 0 Å². The minimum atomic E-state index is -0.899. The Morgan fingerprint density at radius 3 is 2.28 bits per heavy atom. The first-order chi connectivity index (χ1) is 17.2. The number of nitrogens with zero attached hydrogens (tertiary/aromatic N) is 1. The van der Waals surface area contributed by atoms with E-state index in [9.17, 15) is 19.2 Å². The largest absolute Gasteiger partial charge is 0.379 e. The predicted molar refractivity (Wildman–Crippen MR) is 137 cm³/mol. The van der Waals surface area contributed by atoms with E-state index in [1.807, 2.05) is 41.5 Å². The van der Waals surface area contributed by atoms with Crippen LogP contribution in [0.1, 0.15) is 19.4 Å². The van der Waals surface area contributed by atoms with Crippen molar-refractivity contribution >= 4 is 35.3 Å². The molecular weight excluding hydrogens is 484 g/mol. The fourth-order valence-electron chi connectivity index (χ4n) is 3.91. The molecule has 0 aliphatic carbocycles. The van der Waals surface area contributed by atoms with Crippen molar-refractivity contribution in [2.75, 3.05) is 51.5 Å². The van der Waals surface area contributed by atoms with Crippen LogP contribution in [-0.2, 0) is 35.1 Å². The number of hydrogen-bond donors (Lipinski definition) is 3. The highest BCUT2D eigenvalue weighted by Gasteiger charge is 2.50. The maximum absolute atomic E-state index is 13.2. The number of ketones is 1. The monoisotopic (exact) mass is 520 g/mol. The molecular formula is C25H36N4O6S. The average Bonchev–Trinajstić information content (AvgIpc) is 3.62. The summed E-state index contributed by atoms with van der Waals surface area (Å²) in [6.45, 7) is 6.27. The third-order valence-corrected chi connectivity index (χ3v) is 6.89. The van der Waals surface area contributed by atoms with E-state index in [1.54, 1.807) is 13.8 Å². The van der Waals surface area contributed by atoms with Gasteiger partial charge in [-0.2, -0.15) is 11.8 Å². The van der Waals surface area contributed by atoms with Gasteiger partial charge < -0.3 is 25.4 Å². The first-order valence-corrected chi connectivity index (χ1v) is 13.5. The Morgan fingerprint density at radius 1 is 1.03 bits per heavy atom. The third-order valence-electron chi connectivity index (χ3n) is 6.22. The van der Waals surface area contributed by atoms with Gasteiger partial charge in [-0.15, -0.1) is 0 Å². The number of carbonyl (C=O) groups is 4. The number of carbonyl (C=O) groups excluding carboxylic acids is 4. The summed E-state index contributed by atoms with van der Waals surface area (Å²) in [6.07, 6.45) is 2.14. The molecule has 0 bridgehead atoms. The minimum Gasteiger partial charge on any atom is -0.379 e. The van der Waals surface area contributed by atoms with Gasteiger partial charge in [-0.1, -0.05) is 30.3 Å². The number of benzene rings is 1. The van der Waals surface area contributed by atoms with Gasteiger partial charge in [0.25, 0.3) is 0 Å². The topological polar surface area (TPSA) is 129 Å². The molecule has 2 fully saturated rings. The summed E-state index contributed by atoms with van der Waals surface area (Å²) in [5, 5.41) is 8.25. The minimum absolute atomic E-state index is 0.180. The van der Waals surface area contributed by atoms with Crippen LogP contribution in [0.25, 0.3) is 0 Å². The number of hydrogen-bond acceptors (Lipinski definition) is 8. The molecule has 3 amide bonds. The highest BCUT2D eigenvalue weighted by atomic mass is 32.2. The average molecular weight is 521 g/mol. The Bertz CT molecular complexity index is 920. The molecule has 198 valence electrons. The van der Waals surface area contributed by atoms with Crippen molar-refractivity contribution in [3.05, 3.63) is 35.9 Å². The van der Waals surface area contributed by atoms with Gasteiger partial charge in [-0.3, -0.25) is 24.1 Å². The summed E-state index contributed by atoms with van der Waals surface area (Å²) < 4.78 is 10.6. The molecule has 2 aliphatic rings. The number of epoxide rings is 1. The fraction of sp³-hybridized carbons (Fsp3) is 0.600. The summed E-state index contributed by atoms with van der Waals surface area (Å²) in [6, 6.07) is 6.94. The van der Waals surface area contributed by atoms with Gasteiger partial charge in [0.15, 0.2) is 5.78 Å². The molecule has 36 heavy (non-hydrogen) atoms. The number of nitrogens with one attached hydrogen (secondary N) is 3. The quantitative estimate of drug-likeness (QED) is 0.304. The normalized spacial score (nSPS) is 22.1. The summed E-state index contributed by atoms with van der Waals surface area (Å²) in [5.41, 5.74) is 0.00649. The van der Waals surface area contributed by atoms with E-state index in [1.165, 1.54) is 11.8 Å². The van der Waals surface area contributed by atoms with E-state index < -0.39 is 35.5 Å². The number of Topliss-reactive ketones (excluding diaryl/α,β-unsaturated/α-hetero) is 1. The Hall–Kier alpha value is -2.47. The molecule has 0 saturated carbocycles. The smallest absolute Gasteiger partial charge is 0.244 e. The molecule has 0 radical (unpaired) electrons. The zero-order chi connectivity index (χ0) is 26.1. The van der Waals surface area contributed by atoms with Crippen molar-refractivity contribution in [1.82, 2.24) is 20.9 Å². The highest BCUT2D eigenvalue weighted by molar-refractivity contribution is 7.98. The zero-order valence-corrected chi connectivity index (χ0v) is 21.9. The van der Waals surface area contributed by atoms with E-state index >= 15 is 0 Å². The van der Waals surface area contributed by atoms with Gasteiger partial charge in [0.05, 0.1) is 32.4 Å². The van der Waals surface area contributed by atoms with E-state index in [-0.39, 0.29) is 18.2 Å². The molecule has 2 heterocycles. The van der Waals surface area contributed by atoms with Crippen LogP contribution in [0, 0.1) is 0 Å². The molecule has 0 spiro atoms. The Balaban J connectivity index is 1.58. The van der Waals surface area contributed by atoms with Gasteiger partial charge in [0.1, 0.15) is 17.7 Å². The summed E-state index contributed by atoms with van der Waals surface area (Å²) in [7, 11) is 0. The molecule has 2 saturated heterocycles. The van der Waals surface area contributed by atoms with Crippen molar-refractivity contribution in [3.8, 4) is 0 Å². The van der Waals surface area contributed by atoms with Crippen molar-refractivity contribution in [3.63, 3.8) is 0 Å². The third kappa shape index (κ3) is 8.29. The SMILES string of the molecule is CSC[C@H](NC(=O)[C@H](C)NC(=O)CN1CCOCC1)C(=O)N[C@@H](Cc1ccccc1)C(=O)[C@@]1(C)CO1. The molecule has 1 aromatic carbocycles. The maximum atomic E-state index is 13.2. The highest BCUT2D eigenvalue weighted by Crippen LogP contribution is 2.29. The van der Waals surface area contributed by atoms with Crippen LogP contribution in [0.5, 0.6) is 0 Å². The molecule has 2 aliphatic heterocycles. The van der Waals surface area contributed by atoms with Gasteiger partial charge in [0.2, 0.25) is 17.7 Å². The van der Waals surface area contributed by atoms with Crippen molar-refractivity contribution in [2.24, 2.45) is 0 Å². The van der Waals surface area contributed by atoms with Crippen LogP contribution in [0.2, 0.25) is 0 Å². The van der Waals surface area contributed by atoms with E-state index in [0.29, 0.717) is 45.1 Å². The van der Waals surface area contributed by atoms with Crippen LogP contribution >= 0.6 is 11.8 Å². The number of ether oxygens (including phenoxy) is 2. The summed E-state index contributed by atoms with van der Waals surface area (Å²) in [4.78, 5) is 53.4. The first-order valence-electron chi connectivity index (χ1n) is 12.1. The van der Waals surface area contributed by atoms with Crippen molar-refractivity contribution < 1.29 is 28.7 Å². The lowest BCUT2D eigenvalue weighted by Crippen LogP contribution is -2.57. The molecule has 1 aromatic rings. The van der Waals surface area contributed by atoms with Crippen LogP contribution in [0.4, 0.5) is 0 Å². The Kier molecular flexibility index (Phi) is 10.3. The van der Waals surface area contributed by atoms with Crippen LogP contribution in [-0.4, -0.2) is 104 Å². The molecule has 3 rings (SSSR count). The predicted octanol–water partition coefficient (Wildman–Crippen LogP) is -0.243. The van der Waals surface area contributed by atoms with Gasteiger partial charge in [-0.05, 0) is 32.1 Å². The zero-order valence-electron chi connectivity index (χ0n) is 21.1. The van der Waals surface area contributed by atoms with E-state index in [0.717, 1.165) is 5.56 Å². The van der Waals surface area contributed by atoms with Crippen LogP contribution in [0.15, 0.2) is 30.3 Å². The fourth-order valence-corrected chi connectivity index (χ4v) is 4.48. The number of thioether (sulfide) groups is 1. The van der Waals surface area contributed by atoms with E-state index in [2.05, 4.69) is 16.0 Å². The molecule has 3 N–H and O–H groups in total. The molecule has 0 unspecified atom stereocenters. The van der Waals surface area contributed by atoms with Crippen molar-refractivity contribution in [1.29, 1.82) is 0 Å². The first kappa shape index (κ1) is 28.1. The molecule has 0 aromatic heterocycles. The standard InChI is InChI=1S/C25H36N4O6S/c1-17(26-21(30)14-29-9-11-34-12-10-29)23(32)28-20(15-36-3)24(33)27-19(22(31)25(2)16-35-25)13-18-7-5-4-6-8-18/h4-8,17,19-20H,9-16H2,1-3H3,(H,26,30)(H,27,33)(H,28,32)/t17-,19-,20-,25+/m0/s1. The van der Waals surface area contributed by atoms with Gasteiger partial charge >= 0.3 is 0 Å². The van der Waals surface area contributed by atoms with Gasteiger partial charge in [0, 0.05) is 18.8 Å². The van der Waals surface area contributed by atoms with Crippen LogP contribution in [0.3, 0.4) is 0 Å². The van der Waals surface area contributed by atoms with E-state index in [4.69, 9.17) is 9.47 Å². The second-order valence-corrected chi connectivity index (χ2v) is 10.2. The summed E-state index contributed by atoms with van der Waals surface area (Å²) >= 11 is 1.40. The molecule has 11 heteroatoms. The summed E-state index contributed by atoms with van der Waals surface area (Å²) in [5.74, 6) is -1.08. The molecule has 10 nitrogen and oxygen atoms in total. The van der Waals surface area contributed by atoms with Crippen LogP contribution < -0.4 is 16.0 Å². The Morgan fingerprint density at radius 2 is 1.67 bits per heavy atom. The Labute approximate surface area is 216 Å². The lowest BCUT2D eigenvalue weighted by atomic mass is 9.94. The van der Waals surface area contributed by atoms with Crippen molar-refractivity contribution in [2.45, 2.75) is 44.0 Å². The number of rotatable bonds is 13. The maximum Gasteiger partial charge on any atom is 0.244 e. The second-order valence-electron chi connectivity index (χ2n) is 9.33. The number of morpholine rings is 1. The lowest BCUT2D eigenvalue weighted by molar-refractivity contribution is -0.133.